The number of hydrogen-bond donors (Lipinski definition) is 1. The molecule has 0 saturated carbocycles. The van der Waals surface area contributed by atoms with Gasteiger partial charge in [0, 0.05) is 27.6 Å². The number of aldehydes is 1. The first-order chi connectivity index (χ1) is 17.5. The Morgan fingerprint density at radius 1 is 0.944 bits per heavy atom. The van der Waals surface area contributed by atoms with Gasteiger partial charge in [0.15, 0.2) is 5.82 Å². The van der Waals surface area contributed by atoms with Crippen LogP contribution in [0.5, 0.6) is 0 Å². The minimum Gasteiger partial charge on any atom is -0.367 e. The summed E-state index contributed by atoms with van der Waals surface area (Å²) in [5, 5.41) is 5.24. The van der Waals surface area contributed by atoms with Crippen molar-refractivity contribution in [3.63, 3.8) is 0 Å². The van der Waals surface area contributed by atoms with Gasteiger partial charge >= 0.3 is 0 Å². The van der Waals surface area contributed by atoms with Crippen molar-refractivity contribution in [2.24, 2.45) is 0 Å². The second-order valence-electron chi connectivity index (χ2n) is 9.09. The fourth-order valence-corrected chi connectivity index (χ4v) is 4.58. The lowest BCUT2D eigenvalue weighted by molar-refractivity contribution is 0.112. The third-order valence-corrected chi connectivity index (χ3v) is 6.78. The highest BCUT2D eigenvalue weighted by molar-refractivity contribution is 6.31. The van der Waals surface area contributed by atoms with Gasteiger partial charge in [0.1, 0.15) is 12.1 Å². The highest BCUT2D eigenvalue weighted by atomic mass is 35.5. The standard InChI is InChI=1S/C30H33ClN4O/c1-4-35(5-2)17-7-8-21(3)32-30-27-16-15-26(31)19-28(27)33-29(34-30)24-13-11-23(12-14-24)25-10-6-9-22(18-25)20-36/h6,9-16,18-21H,4-5,7-8,17H2,1-3H3,(H,32,33,34). The van der Waals surface area contributed by atoms with Crippen LogP contribution in [0.3, 0.4) is 0 Å². The molecule has 1 N–H and O–H groups in total. The van der Waals surface area contributed by atoms with Gasteiger partial charge in [-0.15, -0.1) is 0 Å². The van der Waals surface area contributed by atoms with E-state index in [1.54, 1.807) is 6.07 Å². The van der Waals surface area contributed by atoms with Gasteiger partial charge in [-0.05, 0) is 74.8 Å². The summed E-state index contributed by atoms with van der Waals surface area (Å²) >= 11 is 6.30. The largest absolute Gasteiger partial charge is 0.367 e. The number of nitrogens with one attached hydrogen (secondary N) is 1. The predicted molar refractivity (Wildman–Crippen MR) is 151 cm³/mol. The van der Waals surface area contributed by atoms with Crippen LogP contribution in [-0.4, -0.2) is 46.8 Å². The average molecular weight is 501 g/mol. The minimum absolute atomic E-state index is 0.273. The van der Waals surface area contributed by atoms with E-state index >= 15 is 0 Å². The number of benzene rings is 3. The first kappa shape index (κ1) is 25.8. The maximum atomic E-state index is 11.2. The van der Waals surface area contributed by atoms with E-state index in [1.807, 2.05) is 60.7 Å². The molecule has 0 aliphatic rings. The van der Waals surface area contributed by atoms with Crippen molar-refractivity contribution in [2.45, 2.75) is 39.7 Å². The summed E-state index contributed by atoms with van der Waals surface area (Å²) in [6, 6.07) is 21.7. The molecule has 0 amide bonds. The second kappa shape index (κ2) is 12.1. The van der Waals surface area contributed by atoms with Crippen molar-refractivity contribution in [2.75, 3.05) is 25.0 Å². The topological polar surface area (TPSA) is 58.1 Å². The predicted octanol–water partition coefficient (Wildman–Crippen LogP) is 7.35. The molecule has 4 aromatic rings. The summed E-state index contributed by atoms with van der Waals surface area (Å²) in [7, 11) is 0. The van der Waals surface area contributed by atoms with E-state index in [0.29, 0.717) is 16.4 Å². The fraction of sp³-hybridized carbons (Fsp3) is 0.300. The molecule has 0 aliphatic heterocycles. The van der Waals surface area contributed by atoms with Crippen LogP contribution < -0.4 is 5.32 Å². The Bertz CT molecular complexity index is 1320. The molecule has 36 heavy (non-hydrogen) atoms. The maximum absolute atomic E-state index is 11.2. The fourth-order valence-electron chi connectivity index (χ4n) is 4.41. The van der Waals surface area contributed by atoms with Crippen LogP contribution in [0.2, 0.25) is 5.02 Å². The van der Waals surface area contributed by atoms with Crippen molar-refractivity contribution in [3.8, 4) is 22.5 Å². The van der Waals surface area contributed by atoms with Crippen molar-refractivity contribution >= 4 is 34.6 Å². The summed E-state index contributed by atoms with van der Waals surface area (Å²) in [6.07, 6.45) is 3.05. The zero-order valence-corrected chi connectivity index (χ0v) is 21.9. The summed E-state index contributed by atoms with van der Waals surface area (Å²) in [5.74, 6) is 1.47. The Kier molecular flexibility index (Phi) is 8.68. The quantitative estimate of drug-likeness (QED) is 0.218. The van der Waals surface area contributed by atoms with Crippen LogP contribution >= 0.6 is 11.6 Å². The number of hydrogen-bond acceptors (Lipinski definition) is 5. The lowest BCUT2D eigenvalue weighted by Crippen LogP contribution is -2.25. The number of carbonyl (C=O) groups excluding carboxylic acids is 1. The lowest BCUT2D eigenvalue weighted by atomic mass is 10.0. The van der Waals surface area contributed by atoms with Crippen molar-refractivity contribution < 1.29 is 4.79 Å². The minimum atomic E-state index is 0.273. The summed E-state index contributed by atoms with van der Waals surface area (Å²) < 4.78 is 0. The molecule has 0 bridgehead atoms. The van der Waals surface area contributed by atoms with E-state index < -0.39 is 0 Å². The molecule has 0 aliphatic carbocycles. The van der Waals surface area contributed by atoms with E-state index in [2.05, 4.69) is 31.0 Å². The molecule has 1 heterocycles. The number of fused-ring (bicyclic) bond motifs is 1. The number of carbonyl (C=O) groups is 1. The molecule has 0 radical (unpaired) electrons. The second-order valence-corrected chi connectivity index (χ2v) is 9.53. The molecule has 0 saturated heterocycles. The number of rotatable bonds is 11. The van der Waals surface area contributed by atoms with Crippen LogP contribution in [-0.2, 0) is 0 Å². The molecule has 5 nitrogen and oxygen atoms in total. The molecule has 0 fully saturated rings. The Morgan fingerprint density at radius 3 is 2.42 bits per heavy atom. The van der Waals surface area contributed by atoms with Gasteiger partial charge in [-0.1, -0.05) is 67.9 Å². The number of halogens is 1. The van der Waals surface area contributed by atoms with E-state index in [-0.39, 0.29) is 6.04 Å². The Morgan fingerprint density at radius 2 is 1.69 bits per heavy atom. The van der Waals surface area contributed by atoms with Gasteiger partial charge < -0.3 is 10.2 Å². The van der Waals surface area contributed by atoms with Gasteiger partial charge in [0.05, 0.1) is 5.52 Å². The summed E-state index contributed by atoms with van der Waals surface area (Å²) in [6.45, 7) is 9.89. The van der Waals surface area contributed by atoms with Crippen molar-refractivity contribution in [1.82, 2.24) is 14.9 Å². The number of nitrogens with zero attached hydrogens (tertiary/aromatic N) is 3. The van der Waals surface area contributed by atoms with Crippen molar-refractivity contribution in [3.05, 3.63) is 77.3 Å². The van der Waals surface area contributed by atoms with Crippen LogP contribution in [0.1, 0.15) is 44.0 Å². The molecular formula is C30H33ClN4O. The van der Waals surface area contributed by atoms with Gasteiger partial charge in [0.25, 0.3) is 0 Å². The van der Waals surface area contributed by atoms with Crippen molar-refractivity contribution in [1.29, 1.82) is 0 Å². The van der Waals surface area contributed by atoms with E-state index in [4.69, 9.17) is 21.6 Å². The van der Waals surface area contributed by atoms with Crippen LogP contribution in [0.4, 0.5) is 5.82 Å². The highest BCUT2D eigenvalue weighted by Crippen LogP contribution is 2.29. The molecule has 1 atom stereocenters. The molecule has 1 aromatic heterocycles. The zero-order valence-electron chi connectivity index (χ0n) is 21.2. The normalized spacial score (nSPS) is 12.1. The molecule has 1 unspecified atom stereocenters. The highest BCUT2D eigenvalue weighted by Gasteiger charge is 2.13. The van der Waals surface area contributed by atoms with E-state index in [1.165, 1.54) is 0 Å². The molecule has 0 spiro atoms. The monoisotopic (exact) mass is 500 g/mol. The van der Waals surface area contributed by atoms with E-state index in [9.17, 15) is 4.79 Å². The van der Waals surface area contributed by atoms with Crippen LogP contribution in [0.25, 0.3) is 33.4 Å². The summed E-state index contributed by atoms with van der Waals surface area (Å²) in [5.41, 5.74) is 4.43. The zero-order chi connectivity index (χ0) is 25.5. The molecule has 4 rings (SSSR count). The van der Waals surface area contributed by atoms with Crippen LogP contribution in [0, 0.1) is 0 Å². The van der Waals surface area contributed by atoms with Gasteiger partial charge in [-0.25, -0.2) is 9.97 Å². The number of anilines is 1. The lowest BCUT2D eigenvalue weighted by Gasteiger charge is -2.20. The van der Waals surface area contributed by atoms with Gasteiger partial charge in [-0.2, -0.15) is 0 Å². The van der Waals surface area contributed by atoms with Gasteiger partial charge in [0.2, 0.25) is 0 Å². The molecule has 3 aromatic carbocycles. The first-order valence-corrected chi connectivity index (χ1v) is 13.0. The Hall–Kier alpha value is -3.28. The third kappa shape index (κ3) is 6.28. The average Bonchev–Trinajstić information content (AvgIpc) is 2.91. The van der Waals surface area contributed by atoms with Gasteiger partial charge in [-0.3, -0.25) is 4.79 Å². The van der Waals surface area contributed by atoms with Crippen LogP contribution in [0.15, 0.2) is 66.7 Å². The molecular weight excluding hydrogens is 468 g/mol. The molecule has 6 heteroatoms. The Balaban J connectivity index is 1.59. The van der Waals surface area contributed by atoms with E-state index in [0.717, 1.165) is 72.2 Å². The third-order valence-electron chi connectivity index (χ3n) is 6.55. The first-order valence-electron chi connectivity index (χ1n) is 12.6. The Labute approximate surface area is 218 Å². The number of aromatic nitrogens is 2. The maximum Gasteiger partial charge on any atom is 0.162 e. The SMILES string of the molecule is CCN(CC)CCCC(C)Nc1nc(-c2ccc(-c3cccc(C=O)c3)cc2)nc2cc(Cl)ccc12. The summed E-state index contributed by atoms with van der Waals surface area (Å²) in [4.78, 5) is 23.3. The smallest absolute Gasteiger partial charge is 0.162 e. The molecule has 186 valence electrons.